The second-order valence-electron chi connectivity index (χ2n) is 4.74. The number of nitrogens with zero attached hydrogens (tertiary/aromatic N) is 2. The van der Waals surface area contributed by atoms with Crippen LogP contribution in [0, 0.1) is 11.3 Å². The molecule has 0 aliphatic carbocycles. The van der Waals surface area contributed by atoms with E-state index in [1.165, 1.54) is 0 Å². The van der Waals surface area contributed by atoms with Gasteiger partial charge in [0.1, 0.15) is 6.04 Å². The molecule has 1 fully saturated rings. The lowest BCUT2D eigenvalue weighted by atomic mass is 10.0. The maximum atomic E-state index is 12.1. The summed E-state index contributed by atoms with van der Waals surface area (Å²) in [7, 11) is 0. The molecule has 1 atom stereocenters. The van der Waals surface area contributed by atoms with E-state index >= 15 is 0 Å². The van der Waals surface area contributed by atoms with E-state index in [4.69, 9.17) is 21.6 Å². The molecule has 1 saturated heterocycles. The van der Waals surface area contributed by atoms with Gasteiger partial charge in [-0.1, -0.05) is 11.6 Å². The summed E-state index contributed by atoms with van der Waals surface area (Å²) >= 11 is 6.24. The molecule has 0 aromatic heterocycles. The molecule has 0 N–H and O–H groups in total. The summed E-state index contributed by atoms with van der Waals surface area (Å²) in [5.41, 5.74) is 1.31. The van der Waals surface area contributed by atoms with Crippen LogP contribution in [-0.2, 0) is 9.53 Å². The normalized spacial score (nSPS) is 18.4. The number of anilines is 1. The van der Waals surface area contributed by atoms with Gasteiger partial charge in [0.2, 0.25) is 0 Å². The van der Waals surface area contributed by atoms with Gasteiger partial charge in [0.25, 0.3) is 0 Å². The molecule has 5 heteroatoms. The number of hydrogen-bond donors (Lipinski definition) is 0. The second-order valence-corrected chi connectivity index (χ2v) is 5.14. The Kier molecular flexibility index (Phi) is 4.86. The minimum atomic E-state index is -0.283. The average molecular weight is 293 g/mol. The number of halogens is 1. The van der Waals surface area contributed by atoms with Crippen LogP contribution in [-0.4, -0.2) is 25.2 Å². The summed E-state index contributed by atoms with van der Waals surface area (Å²) < 4.78 is 5.14. The summed E-state index contributed by atoms with van der Waals surface area (Å²) in [4.78, 5) is 14.0. The van der Waals surface area contributed by atoms with Crippen molar-refractivity contribution in [3.63, 3.8) is 0 Å². The highest BCUT2D eigenvalue weighted by molar-refractivity contribution is 6.33. The summed E-state index contributed by atoms with van der Waals surface area (Å²) in [6, 6.07) is 6.93. The van der Waals surface area contributed by atoms with E-state index in [-0.39, 0.29) is 12.0 Å². The summed E-state index contributed by atoms with van der Waals surface area (Å²) in [5, 5.41) is 9.38. The van der Waals surface area contributed by atoms with Crippen LogP contribution in [0.25, 0.3) is 0 Å². The van der Waals surface area contributed by atoms with Crippen LogP contribution >= 0.6 is 11.6 Å². The highest BCUT2D eigenvalue weighted by Gasteiger charge is 2.31. The zero-order valence-electron chi connectivity index (χ0n) is 11.4. The van der Waals surface area contributed by atoms with Gasteiger partial charge in [0.15, 0.2) is 0 Å². The van der Waals surface area contributed by atoms with E-state index in [1.54, 1.807) is 25.1 Å². The predicted octanol–water partition coefficient (Wildman–Crippen LogP) is 3.13. The fraction of sp³-hybridized carbons (Fsp3) is 0.467. The van der Waals surface area contributed by atoms with Gasteiger partial charge in [-0.2, -0.15) is 5.26 Å². The first-order valence-corrected chi connectivity index (χ1v) is 7.18. The van der Waals surface area contributed by atoms with Gasteiger partial charge in [-0.3, -0.25) is 0 Å². The molecule has 1 unspecified atom stereocenters. The van der Waals surface area contributed by atoms with E-state index in [2.05, 4.69) is 6.07 Å². The maximum absolute atomic E-state index is 12.1. The first-order chi connectivity index (χ1) is 9.67. The molecule has 4 nitrogen and oxygen atoms in total. The maximum Gasteiger partial charge on any atom is 0.328 e. The van der Waals surface area contributed by atoms with Gasteiger partial charge in [-0.05, 0) is 44.4 Å². The Hall–Kier alpha value is -1.73. The Morgan fingerprint density at radius 1 is 1.55 bits per heavy atom. The molecule has 1 aromatic carbocycles. The fourth-order valence-corrected chi connectivity index (χ4v) is 2.80. The Balaban J connectivity index is 2.28. The molecule has 0 spiro atoms. The summed E-state index contributed by atoms with van der Waals surface area (Å²) in [6.07, 6.45) is 2.80. The van der Waals surface area contributed by atoms with Crippen LogP contribution in [0.15, 0.2) is 18.2 Å². The Morgan fingerprint density at radius 3 is 3.00 bits per heavy atom. The van der Waals surface area contributed by atoms with Crippen molar-refractivity contribution < 1.29 is 9.53 Å². The monoisotopic (exact) mass is 292 g/mol. The lowest BCUT2D eigenvalue weighted by Crippen LogP contribution is -2.45. The third-order valence-electron chi connectivity index (χ3n) is 3.45. The second kappa shape index (κ2) is 6.62. The van der Waals surface area contributed by atoms with Crippen molar-refractivity contribution in [2.75, 3.05) is 18.1 Å². The topological polar surface area (TPSA) is 53.3 Å². The van der Waals surface area contributed by atoms with Crippen molar-refractivity contribution in [3.8, 4) is 6.07 Å². The molecule has 0 saturated carbocycles. The van der Waals surface area contributed by atoms with Crippen molar-refractivity contribution in [1.82, 2.24) is 0 Å². The molecule has 1 heterocycles. The molecular formula is C15H17ClN2O2. The molecule has 1 aliphatic rings. The number of rotatable bonds is 3. The molecule has 20 heavy (non-hydrogen) atoms. The zero-order chi connectivity index (χ0) is 14.5. The molecule has 0 radical (unpaired) electrons. The predicted molar refractivity (Wildman–Crippen MR) is 77.8 cm³/mol. The van der Waals surface area contributed by atoms with Gasteiger partial charge >= 0.3 is 5.97 Å². The molecule has 0 amide bonds. The Morgan fingerprint density at radius 2 is 2.35 bits per heavy atom. The number of piperidine rings is 1. The molecule has 106 valence electrons. The van der Waals surface area contributed by atoms with Crippen LogP contribution in [0.4, 0.5) is 5.69 Å². The van der Waals surface area contributed by atoms with Gasteiger partial charge in [0, 0.05) is 6.54 Å². The summed E-state index contributed by atoms with van der Waals surface area (Å²) in [6.45, 7) is 2.96. The minimum absolute atomic E-state index is 0.201. The fourth-order valence-electron chi connectivity index (χ4n) is 2.51. The third-order valence-corrected chi connectivity index (χ3v) is 3.75. The largest absolute Gasteiger partial charge is 0.464 e. The van der Waals surface area contributed by atoms with E-state index in [1.807, 2.05) is 4.90 Å². The zero-order valence-corrected chi connectivity index (χ0v) is 12.2. The van der Waals surface area contributed by atoms with E-state index in [9.17, 15) is 4.79 Å². The van der Waals surface area contributed by atoms with Crippen molar-refractivity contribution in [3.05, 3.63) is 28.8 Å². The van der Waals surface area contributed by atoms with Crippen molar-refractivity contribution in [1.29, 1.82) is 5.26 Å². The number of esters is 1. The van der Waals surface area contributed by atoms with Crippen LogP contribution in [0.3, 0.4) is 0 Å². The quantitative estimate of drug-likeness (QED) is 0.803. The Labute approximate surface area is 123 Å². The standard InChI is InChI=1S/C15H17ClN2O2/c1-2-20-15(19)14-5-3-4-8-18(14)13-7-6-11(10-17)9-12(13)16/h6-7,9,14H,2-5,8H2,1H3. The number of benzene rings is 1. The van der Waals surface area contributed by atoms with Crippen molar-refractivity contribution in [2.45, 2.75) is 32.2 Å². The van der Waals surface area contributed by atoms with E-state index in [0.717, 1.165) is 31.5 Å². The van der Waals surface area contributed by atoms with Crippen LogP contribution in [0.5, 0.6) is 0 Å². The number of nitriles is 1. The average Bonchev–Trinajstić information content (AvgIpc) is 2.47. The Bertz CT molecular complexity index is 539. The molecule has 1 aromatic rings. The van der Waals surface area contributed by atoms with Crippen LogP contribution < -0.4 is 4.90 Å². The number of carbonyl (C=O) groups excluding carboxylic acids is 1. The highest BCUT2D eigenvalue weighted by atomic mass is 35.5. The van der Waals surface area contributed by atoms with Gasteiger partial charge in [0.05, 0.1) is 28.9 Å². The molecule has 1 aliphatic heterocycles. The van der Waals surface area contributed by atoms with Crippen LogP contribution in [0.1, 0.15) is 31.7 Å². The number of carbonyl (C=O) groups is 1. The van der Waals surface area contributed by atoms with Crippen LogP contribution in [0.2, 0.25) is 5.02 Å². The smallest absolute Gasteiger partial charge is 0.328 e. The highest BCUT2D eigenvalue weighted by Crippen LogP contribution is 2.32. The van der Waals surface area contributed by atoms with Gasteiger partial charge in [-0.15, -0.1) is 0 Å². The number of hydrogen-bond acceptors (Lipinski definition) is 4. The van der Waals surface area contributed by atoms with Gasteiger partial charge < -0.3 is 9.64 Å². The van der Waals surface area contributed by atoms with Crippen molar-refractivity contribution >= 4 is 23.3 Å². The molecule has 0 bridgehead atoms. The first-order valence-electron chi connectivity index (χ1n) is 6.80. The van der Waals surface area contributed by atoms with E-state index < -0.39 is 0 Å². The third kappa shape index (κ3) is 3.05. The molecular weight excluding hydrogens is 276 g/mol. The number of ether oxygens (including phenoxy) is 1. The molecule has 2 rings (SSSR count). The van der Waals surface area contributed by atoms with E-state index in [0.29, 0.717) is 17.2 Å². The van der Waals surface area contributed by atoms with Crippen molar-refractivity contribution in [2.24, 2.45) is 0 Å². The van der Waals surface area contributed by atoms with Gasteiger partial charge in [-0.25, -0.2) is 4.79 Å². The SMILES string of the molecule is CCOC(=O)C1CCCCN1c1ccc(C#N)cc1Cl. The summed E-state index contributed by atoms with van der Waals surface area (Å²) in [5.74, 6) is -0.201. The lowest BCUT2D eigenvalue weighted by molar-refractivity contribution is -0.145. The first kappa shape index (κ1) is 14.7. The lowest BCUT2D eigenvalue weighted by Gasteiger charge is -2.36. The minimum Gasteiger partial charge on any atom is -0.464 e.